The first-order valence-corrected chi connectivity index (χ1v) is 6.61. The molecule has 0 amide bonds. The average molecular weight is 267 g/mol. The summed E-state index contributed by atoms with van der Waals surface area (Å²) in [7, 11) is 0. The molecule has 1 unspecified atom stereocenters. The first kappa shape index (κ1) is 12.8. The van der Waals surface area contributed by atoms with E-state index >= 15 is 0 Å². The number of rotatable bonds is 6. The molecule has 15 heavy (non-hydrogen) atoms. The molecule has 1 atom stereocenters. The van der Waals surface area contributed by atoms with E-state index in [9.17, 15) is 4.79 Å². The Morgan fingerprint density at radius 3 is 3.07 bits per heavy atom. The number of nitrogens with zero attached hydrogens (tertiary/aromatic N) is 1. The molecule has 0 aromatic carbocycles. The van der Waals surface area contributed by atoms with Gasteiger partial charge in [-0.25, -0.2) is 4.98 Å². The van der Waals surface area contributed by atoms with Crippen LogP contribution < -0.4 is 5.73 Å². The third-order valence-electron chi connectivity index (χ3n) is 1.66. The summed E-state index contributed by atoms with van der Waals surface area (Å²) in [5, 5.41) is 8.54. The van der Waals surface area contributed by atoms with Crippen LogP contribution in [0, 0.1) is 0 Å². The minimum Gasteiger partial charge on any atom is -0.480 e. The molecule has 0 saturated carbocycles. The zero-order valence-electron chi connectivity index (χ0n) is 7.85. The number of thioether (sulfide) groups is 1. The molecule has 0 spiro atoms. The van der Waals surface area contributed by atoms with Gasteiger partial charge in [-0.1, -0.05) is 11.6 Å². The highest BCUT2D eigenvalue weighted by Gasteiger charge is 2.10. The lowest BCUT2D eigenvalue weighted by Gasteiger charge is -2.04. The van der Waals surface area contributed by atoms with Crippen LogP contribution in [0.1, 0.15) is 11.3 Å². The van der Waals surface area contributed by atoms with Gasteiger partial charge >= 0.3 is 5.97 Å². The smallest absolute Gasteiger partial charge is 0.320 e. The van der Waals surface area contributed by atoms with Gasteiger partial charge in [-0.3, -0.25) is 4.79 Å². The Balaban J connectivity index is 2.14. The number of carboxylic acids is 1. The second-order valence-corrected chi connectivity index (χ2v) is 5.67. The number of carboxylic acid groups (broad SMARTS) is 1. The molecule has 0 radical (unpaired) electrons. The van der Waals surface area contributed by atoms with Gasteiger partial charge in [0.15, 0.2) is 4.47 Å². The van der Waals surface area contributed by atoms with Crippen LogP contribution in [0.25, 0.3) is 0 Å². The monoisotopic (exact) mass is 266 g/mol. The van der Waals surface area contributed by atoms with E-state index in [2.05, 4.69) is 4.98 Å². The summed E-state index contributed by atoms with van der Waals surface area (Å²) in [5.41, 5.74) is 5.36. The fraction of sp³-hybridized carbons (Fsp3) is 0.500. The van der Waals surface area contributed by atoms with Crippen molar-refractivity contribution in [2.24, 2.45) is 5.73 Å². The van der Waals surface area contributed by atoms with E-state index in [4.69, 9.17) is 22.4 Å². The summed E-state index contributed by atoms with van der Waals surface area (Å²) in [4.78, 5) is 15.4. The molecule has 4 nitrogen and oxygen atoms in total. The van der Waals surface area contributed by atoms with E-state index in [1.807, 2.05) is 0 Å². The highest BCUT2D eigenvalue weighted by atomic mass is 35.5. The lowest BCUT2D eigenvalue weighted by molar-refractivity contribution is -0.138. The minimum atomic E-state index is -0.948. The Hall–Kier alpha value is -0.300. The van der Waals surface area contributed by atoms with Crippen LogP contribution in [0.3, 0.4) is 0 Å². The molecule has 7 heteroatoms. The number of aliphatic carboxylic acids is 1. The van der Waals surface area contributed by atoms with Gasteiger partial charge in [0.1, 0.15) is 6.04 Å². The van der Waals surface area contributed by atoms with Crippen molar-refractivity contribution in [2.45, 2.75) is 18.2 Å². The van der Waals surface area contributed by atoms with Gasteiger partial charge in [-0.2, -0.15) is 11.8 Å². The van der Waals surface area contributed by atoms with E-state index in [1.54, 1.807) is 18.0 Å². The number of thiazole rings is 1. The van der Waals surface area contributed by atoms with Gasteiger partial charge in [-0.05, 0) is 12.2 Å². The molecule has 1 heterocycles. The predicted octanol–water partition coefficient (Wildman–Crippen LogP) is 1.83. The first-order chi connectivity index (χ1) is 7.09. The second-order valence-electron chi connectivity index (χ2n) is 2.87. The molecule has 0 bridgehead atoms. The van der Waals surface area contributed by atoms with Crippen molar-refractivity contribution in [3.05, 3.63) is 15.5 Å². The third-order valence-corrected chi connectivity index (χ3v) is 4.00. The van der Waals surface area contributed by atoms with Gasteiger partial charge in [0, 0.05) is 16.8 Å². The van der Waals surface area contributed by atoms with Gasteiger partial charge in [0.05, 0.1) is 0 Å². The van der Waals surface area contributed by atoms with Crippen molar-refractivity contribution in [3.63, 3.8) is 0 Å². The number of hydrogen-bond donors (Lipinski definition) is 2. The van der Waals surface area contributed by atoms with Gasteiger partial charge < -0.3 is 10.8 Å². The van der Waals surface area contributed by atoms with Crippen LogP contribution in [-0.4, -0.2) is 27.9 Å². The molecule has 0 aliphatic heterocycles. The summed E-state index contributed by atoms with van der Waals surface area (Å²) in [6.45, 7) is 0. The number of hydrogen-bond acceptors (Lipinski definition) is 5. The lowest BCUT2D eigenvalue weighted by Crippen LogP contribution is -2.30. The molecule has 3 N–H and O–H groups in total. The Kier molecular flexibility index (Phi) is 5.38. The summed E-state index contributed by atoms with van der Waals surface area (Å²) in [5.74, 6) is 0.580. The molecule has 1 aromatic heterocycles. The van der Waals surface area contributed by atoms with Crippen LogP contribution in [0.5, 0.6) is 0 Å². The topological polar surface area (TPSA) is 76.2 Å². The molecule has 84 valence electrons. The summed E-state index contributed by atoms with van der Waals surface area (Å²) < 4.78 is 0.535. The van der Waals surface area contributed by atoms with Crippen LogP contribution in [-0.2, 0) is 10.5 Å². The molecule has 0 saturated heterocycles. The highest BCUT2D eigenvalue weighted by Crippen LogP contribution is 2.22. The summed E-state index contributed by atoms with van der Waals surface area (Å²) in [6.07, 6.45) is 2.21. The average Bonchev–Trinajstić information content (AvgIpc) is 2.58. The molecule has 0 fully saturated rings. The predicted molar refractivity (Wildman–Crippen MR) is 63.5 cm³/mol. The third kappa shape index (κ3) is 4.83. The SMILES string of the molecule is NC(CCSCc1cnc(Cl)s1)C(=O)O. The van der Waals surface area contributed by atoms with Crippen molar-refractivity contribution in [2.75, 3.05) is 5.75 Å². The quantitative estimate of drug-likeness (QED) is 0.769. The number of nitrogens with two attached hydrogens (primary N) is 1. The van der Waals surface area contributed by atoms with E-state index in [0.29, 0.717) is 10.9 Å². The van der Waals surface area contributed by atoms with Crippen molar-refractivity contribution in [1.82, 2.24) is 4.98 Å². The summed E-state index contributed by atoms with van der Waals surface area (Å²) in [6, 6.07) is -0.762. The molecule has 1 rings (SSSR count). The Morgan fingerprint density at radius 1 is 1.80 bits per heavy atom. The zero-order chi connectivity index (χ0) is 11.3. The molecule has 1 aromatic rings. The van der Waals surface area contributed by atoms with Crippen molar-refractivity contribution >= 4 is 40.7 Å². The fourth-order valence-corrected chi connectivity index (χ4v) is 2.96. The largest absolute Gasteiger partial charge is 0.480 e. The number of aromatic nitrogens is 1. The zero-order valence-corrected chi connectivity index (χ0v) is 10.2. The number of carbonyl (C=O) groups is 1. The second kappa shape index (κ2) is 6.32. The fourth-order valence-electron chi connectivity index (χ4n) is 0.857. The van der Waals surface area contributed by atoms with E-state index in [-0.39, 0.29) is 0 Å². The molecular formula is C8H11ClN2O2S2. The first-order valence-electron chi connectivity index (χ1n) is 4.26. The standard InChI is InChI=1S/C8H11ClN2O2S2/c9-8-11-3-5(15-8)4-14-2-1-6(10)7(12)13/h3,6H,1-2,4,10H2,(H,12,13). The maximum absolute atomic E-state index is 10.4. The Labute approximate surface area is 101 Å². The maximum atomic E-state index is 10.4. The van der Waals surface area contributed by atoms with E-state index in [0.717, 1.165) is 16.4 Å². The van der Waals surface area contributed by atoms with Crippen LogP contribution >= 0.6 is 34.7 Å². The number of halogens is 1. The maximum Gasteiger partial charge on any atom is 0.320 e. The van der Waals surface area contributed by atoms with E-state index in [1.165, 1.54) is 11.3 Å². The van der Waals surface area contributed by atoms with Crippen molar-refractivity contribution in [1.29, 1.82) is 0 Å². The van der Waals surface area contributed by atoms with Crippen LogP contribution in [0.4, 0.5) is 0 Å². The molecular weight excluding hydrogens is 256 g/mol. The molecule has 0 aliphatic carbocycles. The van der Waals surface area contributed by atoms with E-state index < -0.39 is 12.0 Å². The highest BCUT2D eigenvalue weighted by molar-refractivity contribution is 7.98. The normalized spacial score (nSPS) is 12.7. The van der Waals surface area contributed by atoms with Gasteiger partial charge in [0.25, 0.3) is 0 Å². The van der Waals surface area contributed by atoms with Gasteiger partial charge in [-0.15, -0.1) is 11.3 Å². The van der Waals surface area contributed by atoms with Crippen LogP contribution in [0.15, 0.2) is 6.20 Å². The van der Waals surface area contributed by atoms with Crippen molar-refractivity contribution in [3.8, 4) is 0 Å². The Bertz CT molecular complexity index is 332. The minimum absolute atomic E-state index is 0.479. The summed E-state index contributed by atoms with van der Waals surface area (Å²) >= 11 is 8.74. The Morgan fingerprint density at radius 2 is 2.53 bits per heavy atom. The van der Waals surface area contributed by atoms with Gasteiger partial charge in [0.2, 0.25) is 0 Å². The molecule has 0 aliphatic rings. The van der Waals surface area contributed by atoms with Crippen LogP contribution in [0.2, 0.25) is 4.47 Å². The van der Waals surface area contributed by atoms with Crippen molar-refractivity contribution < 1.29 is 9.90 Å². The lowest BCUT2D eigenvalue weighted by atomic mass is 10.2.